The molecule has 2 N–H and O–H groups in total. The second-order valence-corrected chi connectivity index (χ2v) is 2.30. The lowest BCUT2D eigenvalue weighted by Crippen LogP contribution is -2.17. The Morgan fingerprint density at radius 2 is 1.71 bits per heavy atom. The maximum atomic E-state index is 5.44. The van der Waals surface area contributed by atoms with E-state index in [2.05, 4.69) is 20.3 Å². The maximum Gasteiger partial charge on any atom is 0.143 e. The summed E-state index contributed by atoms with van der Waals surface area (Å²) in [5.41, 5.74) is 5.44. The van der Waals surface area contributed by atoms with Gasteiger partial charge in [0.15, 0.2) is 0 Å². The standard InChI is InChI=1S/C6H14N/c1-5(2)4-6(3)7/h4-6H,7H2,1-3H3/q+1. The lowest BCUT2D eigenvalue weighted by Gasteiger charge is -1.94. The number of hydrogen-bond acceptors (Lipinski definition) is 1. The monoisotopic (exact) mass is 100 g/mol. The summed E-state index contributed by atoms with van der Waals surface area (Å²) in [5, 5.41) is 0. The molecule has 0 saturated carbocycles. The van der Waals surface area contributed by atoms with Crippen molar-refractivity contribution in [2.75, 3.05) is 0 Å². The van der Waals surface area contributed by atoms with Crippen molar-refractivity contribution in [1.29, 1.82) is 0 Å². The Hall–Kier alpha value is -0.170. The summed E-state index contributed by atoms with van der Waals surface area (Å²) in [6.45, 7) is 6.24. The molecule has 0 heterocycles. The van der Waals surface area contributed by atoms with Crippen molar-refractivity contribution in [2.45, 2.75) is 26.8 Å². The summed E-state index contributed by atoms with van der Waals surface area (Å²) in [6.07, 6.45) is 2.11. The molecule has 0 saturated heterocycles. The summed E-state index contributed by atoms with van der Waals surface area (Å²) in [4.78, 5) is 0. The fourth-order valence-electron chi connectivity index (χ4n) is 0.607. The van der Waals surface area contributed by atoms with Gasteiger partial charge in [0.05, 0.1) is 12.3 Å². The normalized spacial score (nSPS) is 14.4. The molecule has 1 atom stereocenters. The fourth-order valence-corrected chi connectivity index (χ4v) is 0.607. The van der Waals surface area contributed by atoms with E-state index in [4.69, 9.17) is 5.73 Å². The van der Waals surface area contributed by atoms with Crippen LogP contribution in [0.1, 0.15) is 20.8 Å². The van der Waals surface area contributed by atoms with E-state index in [1.807, 2.05) is 6.92 Å². The third kappa shape index (κ3) is 5.83. The van der Waals surface area contributed by atoms with Gasteiger partial charge in [0, 0.05) is 0 Å². The molecule has 0 aromatic heterocycles. The third-order valence-corrected chi connectivity index (χ3v) is 0.688. The van der Waals surface area contributed by atoms with Crippen LogP contribution in [0.3, 0.4) is 0 Å². The highest BCUT2D eigenvalue weighted by molar-refractivity contribution is 4.77. The van der Waals surface area contributed by atoms with E-state index in [9.17, 15) is 0 Å². The van der Waals surface area contributed by atoms with E-state index in [0.29, 0.717) is 5.92 Å². The molecule has 0 aliphatic heterocycles. The number of hydrogen-bond donors (Lipinski definition) is 1. The van der Waals surface area contributed by atoms with Crippen LogP contribution in [-0.2, 0) is 0 Å². The zero-order chi connectivity index (χ0) is 5.86. The Bertz CT molecular complexity index is 33.4. The van der Waals surface area contributed by atoms with Gasteiger partial charge in [0.25, 0.3) is 0 Å². The molecule has 1 nitrogen and oxygen atoms in total. The molecular formula is C6H14N+. The van der Waals surface area contributed by atoms with Gasteiger partial charge in [0.2, 0.25) is 0 Å². The van der Waals surface area contributed by atoms with Crippen LogP contribution in [0.4, 0.5) is 0 Å². The van der Waals surface area contributed by atoms with Gasteiger partial charge in [-0.1, -0.05) is 0 Å². The van der Waals surface area contributed by atoms with Crippen molar-refractivity contribution in [3.63, 3.8) is 0 Å². The van der Waals surface area contributed by atoms with Gasteiger partial charge in [-0.25, -0.2) is 0 Å². The van der Waals surface area contributed by atoms with Crippen LogP contribution in [0.2, 0.25) is 0 Å². The van der Waals surface area contributed by atoms with Gasteiger partial charge < -0.3 is 0 Å². The molecule has 0 radical (unpaired) electrons. The molecule has 0 bridgehead atoms. The third-order valence-electron chi connectivity index (χ3n) is 0.688. The molecule has 0 aromatic carbocycles. The van der Waals surface area contributed by atoms with E-state index in [1.165, 1.54) is 0 Å². The van der Waals surface area contributed by atoms with E-state index < -0.39 is 0 Å². The first kappa shape index (κ1) is 6.83. The van der Waals surface area contributed by atoms with Gasteiger partial charge in [-0.2, -0.15) is 0 Å². The van der Waals surface area contributed by atoms with Gasteiger partial charge in [-0.05, 0) is 20.8 Å². The van der Waals surface area contributed by atoms with Crippen molar-refractivity contribution < 1.29 is 0 Å². The summed E-state index contributed by atoms with van der Waals surface area (Å²) in [5.74, 6) is 0.625. The zero-order valence-electron chi connectivity index (χ0n) is 5.31. The van der Waals surface area contributed by atoms with Crippen LogP contribution >= 0.6 is 0 Å². The first-order valence-electron chi connectivity index (χ1n) is 2.73. The van der Waals surface area contributed by atoms with Gasteiger partial charge in [-0.15, -0.1) is 0 Å². The van der Waals surface area contributed by atoms with Gasteiger partial charge >= 0.3 is 0 Å². The lowest BCUT2D eigenvalue weighted by atomic mass is 10.1. The molecule has 42 valence electrons. The Labute approximate surface area is 45.9 Å². The molecule has 0 aliphatic carbocycles. The highest BCUT2D eigenvalue weighted by Crippen LogP contribution is 1.98. The predicted molar refractivity (Wildman–Crippen MR) is 32.8 cm³/mol. The topological polar surface area (TPSA) is 26.0 Å². The molecule has 0 fully saturated rings. The van der Waals surface area contributed by atoms with Crippen molar-refractivity contribution in [3.05, 3.63) is 6.42 Å². The molecule has 1 heteroatoms. The van der Waals surface area contributed by atoms with Crippen LogP contribution in [0, 0.1) is 12.3 Å². The van der Waals surface area contributed by atoms with Crippen molar-refractivity contribution in [2.24, 2.45) is 11.7 Å². The minimum Gasteiger partial charge on any atom is -0.291 e. The lowest BCUT2D eigenvalue weighted by molar-refractivity contribution is 0.665. The number of rotatable bonds is 2. The molecule has 0 spiro atoms. The Kier molecular flexibility index (Phi) is 2.84. The highest BCUT2D eigenvalue weighted by Gasteiger charge is 2.07. The summed E-state index contributed by atoms with van der Waals surface area (Å²) >= 11 is 0. The first-order valence-corrected chi connectivity index (χ1v) is 2.73. The van der Waals surface area contributed by atoms with Crippen molar-refractivity contribution >= 4 is 0 Å². The Morgan fingerprint density at radius 1 is 1.29 bits per heavy atom. The van der Waals surface area contributed by atoms with Crippen LogP contribution in [0.5, 0.6) is 0 Å². The minimum absolute atomic E-state index is 0.250. The molecule has 0 aliphatic rings. The van der Waals surface area contributed by atoms with E-state index in [-0.39, 0.29) is 6.04 Å². The summed E-state index contributed by atoms with van der Waals surface area (Å²) in [7, 11) is 0. The predicted octanol–water partition coefficient (Wildman–Crippen LogP) is 1.19. The zero-order valence-corrected chi connectivity index (χ0v) is 5.31. The average molecular weight is 100 g/mol. The SMILES string of the molecule is CC(C)[CH+]C(C)N. The van der Waals surface area contributed by atoms with Crippen LogP contribution < -0.4 is 5.73 Å². The summed E-state index contributed by atoms with van der Waals surface area (Å²) < 4.78 is 0. The van der Waals surface area contributed by atoms with Crippen LogP contribution in [0.25, 0.3) is 0 Å². The molecular weight excluding hydrogens is 86.1 g/mol. The van der Waals surface area contributed by atoms with Crippen molar-refractivity contribution in [1.82, 2.24) is 0 Å². The quantitative estimate of drug-likeness (QED) is 0.518. The molecule has 0 rings (SSSR count). The average Bonchev–Trinajstić information content (AvgIpc) is 1.27. The molecule has 0 aromatic rings. The smallest absolute Gasteiger partial charge is 0.143 e. The molecule has 1 unspecified atom stereocenters. The minimum atomic E-state index is 0.250. The van der Waals surface area contributed by atoms with Gasteiger partial charge in [-0.3, -0.25) is 5.73 Å². The van der Waals surface area contributed by atoms with E-state index in [0.717, 1.165) is 0 Å². The fraction of sp³-hybridized carbons (Fsp3) is 0.833. The second kappa shape index (κ2) is 2.92. The second-order valence-electron chi connectivity index (χ2n) is 2.30. The van der Waals surface area contributed by atoms with E-state index in [1.54, 1.807) is 0 Å². The highest BCUT2D eigenvalue weighted by atomic mass is 14.6. The van der Waals surface area contributed by atoms with E-state index >= 15 is 0 Å². The summed E-state index contributed by atoms with van der Waals surface area (Å²) in [6, 6.07) is 0.250. The largest absolute Gasteiger partial charge is 0.291 e. The Balaban J connectivity index is 2.95. The maximum absolute atomic E-state index is 5.44. The van der Waals surface area contributed by atoms with Crippen molar-refractivity contribution in [3.8, 4) is 0 Å². The molecule has 0 amide bonds. The van der Waals surface area contributed by atoms with Gasteiger partial charge in [0.1, 0.15) is 6.04 Å². The number of nitrogens with two attached hydrogens (primary N) is 1. The first-order chi connectivity index (χ1) is 3.13. The van der Waals surface area contributed by atoms with Crippen LogP contribution in [-0.4, -0.2) is 6.04 Å². The Morgan fingerprint density at radius 3 is 1.71 bits per heavy atom. The molecule has 7 heavy (non-hydrogen) atoms. The van der Waals surface area contributed by atoms with Crippen LogP contribution in [0.15, 0.2) is 0 Å².